The van der Waals surface area contributed by atoms with Crippen LogP contribution in [0.1, 0.15) is 6.42 Å². The second-order valence-electron chi connectivity index (χ2n) is 5.84. The van der Waals surface area contributed by atoms with Crippen molar-refractivity contribution in [3.63, 3.8) is 0 Å². The summed E-state index contributed by atoms with van der Waals surface area (Å²) in [5.74, 6) is 1.74. The molecule has 0 unspecified atom stereocenters. The van der Waals surface area contributed by atoms with E-state index in [0.29, 0.717) is 17.9 Å². The maximum atomic E-state index is 11.8. The lowest BCUT2D eigenvalue weighted by Gasteiger charge is -2.12. The molecule has 1 atom stereocenters. The van der Waals surface area contributed by atoms with Crippen molar-refractivity contribution in [1.82, 2.24) is 5.32 Å². The molecule has 25 heavy (non-hydrogen) atoms. The summed E-state index contributed by atoms with van der Waals surface area (Å²) in [5, 5.41) is 2.68. The van der Waals surface area contributed by atoms with Gasteiger partial charge >= 0.3 is 0 Å². The molecule has 1 aliphatic heterocycles. The molecule has 1 fully saturated rings. The molecule has 0 bridgehead atoms. The average Bonchev–Trinajstić information content (AvgIpc) is 2.94. The minimum absolute atomic E-state index is 0.00423. The summed E-state index contributed by atoms with van der Waals surface area (Å²) in [6.45, 7) is -0.157. The van der Waals surface area contributed by atoms with Crippen LogP contribution in [0.3, 0.4) is 0 Å². The number of benzene rings is 2. The van der Waals surface area contributed by atoms with Crippen molar-refractivity contribution in [2.24, 2.45) is 0 Å². The Morgan fingerprint density at radius 2 is 1.64 bits per heavy atom. The van der Waals surface area contributed by atoms with Gasteiger partial charge in [-0.3, -0.25) is 4.79 Å². The number of carbonyl (C=O) groups excluding carboxylic acids is 1. The molecule has 132 valence electrons. The molecule has 7 heteroatoms. The van der Waals surface area contributed by atoms with Crippen molar-refractivity contribution >= 4 is 15.7 Å². The van der Waals surface area contributed by atoms with Crippen molar-refractivity contribution < 1.29 is 22.7 Å². The van der Waals surface area contributed by atoms with Crippen LogP contribution in [-0.2, 0) is 14.6 Å². The Labute approximate surface area is 146 Å². The Kier molecular flexibility index (Phi) is 5.23. The summed E-state index contributed by atoms with van der Waals surface area (Å²) in [4.78, 5) is 11.8. The van der Waals surface area contributed by atoms with Gasteiger partial charge in [-0.1, -0.05) is 18.2 Å². The predicted molar refractivity (Wildman–Crippen MR) is 93.7 cm³/mol. The molecule has 0 saturated carbocycles. The summed E-state index contributed by atoms with van der Waals surface area (Å²) < 4.78 is 33.8. The van der Waals surface area contributed by atoms with Gasteiger partial charge in [0.05, 0.1) is 11.5 Å². The number of hydrogen-bond acceptors (Lipinski definition) is 5. The van der Waals surface area contributed by atoms with Crippen molar-refractivity contribution in [3.8, 4) is 17.2 Å². The first kappa shape index (κ1) is 17.3. The maximum Gasteiger partial charge on any atom is 0.258 e. The van der Waals surface area contributed by atoms with Crippen LogP contribution in [0.5, 0.6) is 17.2 Å². The molecular formula is C18H19NO5S. The van der Waals surface area contributed by atoms with Crippen molar-refractivity contribution in [2.75, 3.05) is 18.1 Å². The topological polar surface area (TPSA) is 81.7 Å². The first-order chi connectivity index (χ1) is 12.0. The van der Waals surface area contributed by atoms with E-state index in [4.69, 9.17) is 9.47 Å². The van der Waals surface area contributed by atoms with E-state index in [1.54, 1.807) is 24.3 Å². The van der Waals surface area contributed by atoms with Crippen LogP contribution >= 0.6 is 0 Å². The molecule has 1 saturated heterocycles. The zero-order valence-corrected chi connectivity index (χ0v) is 14.4. The first-order valence-electron chi connectivity index (χ1n) is 7.96. The second kappa shape index (κ2) is 7.57. The minimum Gasteiger partial charge on any atom is -0.484 e. The van der Waals surface area contributed by atoms with Gasteiger partial charge < -0.3 is 14.8 Å². The van der Waals surface area contributed by atoms with Crippen LogP contribution in [-0.4, -0.2) is 38.5 Å². The number of sulfone groups is 1. The molecule has 0 radical (unpaired) electrons. The first-order valence-corrected chi connectivity index (χ1v) is 9.78. The number of para-hydroxylation sites is 1. The standard InChI is InChI=1S/C18H19NO5S/c20-18(19-14-10-11-25(21,22)13-14)12-23-15-6-8-17(9-7-15)24-16-4-2-1-3-5-16/h1-9,14H,10-13H2,(H,19,20)/t14-/m0/s1. The quantitative estimate of drug-likeness (QED) is 0.853. The Balaban J connectivity index is 1.46. The van der Waals surface area contributed by atoms with E-state index in [1.807, 2.05) is 30.3 Å². The second-order valence-corrected chi connectivity index (χ2v) is 8.07. The van der Waals surface area contributed by atoms with Crippen LogP contribution in [0.15, 0.2) is 54.6 Å². The molecule has 1 heterocycles. The molecule has 0 aromatic heterocycles. The van der Waals surface area contributed by atoms with E-state index in [9.17, 15) is 13.2 Å². The number of carbonyl (C=O) groups is 1. The van der Waals surface area contributed by atoms with E-state index in [0.717, 1.165) is 5.75 Å². The fraction of sp³-hybridized carbons (Fsp3) is 0.278. The van der Waals surface area contributed by atoms with Crippen LogP contribution in [0.4, 0.5) is 0 Å². The molecular weight excluding hydrogens is 342 g/mol. The van der Waals surface area contributed by atoms with Gasteiger partial charge in [0.25, 0.3) is 5.91 Å². The van der Waals surface area contributed by atoms with E-state index < -0.39 is 9.84 Å². The van der Waals surface area contributed by atoms with Crippen LogP contribution in [0, 0.1) is 0 Å². The van der Waals surface area contributed by atoms with E-state index in [2.05, 4.69) is 5.32 Å². The molecule has 3 rings (SSSR count). The predicted octanol–water partition coefficient (Wildman–Crippen LogP) is 2.16. The van der Waals surface area contributed by atoms with Gasteiger partial charge in [-0.15, -0.1) is 0 Å². The molecule has 1 N–H and O–H groups in total. The Hall–Kier alpha value is -2.54. The van der Waals surface area contributed by atoms with Gasteiger partial charge in [0.15, 0.2) is 16.4 Å². The van der Waals surface area contributed by atoms with Crippen LogP contribution in [0.25, 0.3) is 0 Å². The van der Waals surface area contributed by atoms with E-state index >= 15 is 0 Å². The third-order valence-corrected chi connectivity index (χ3v) is 5.54. The van der Waals surface area contributed by atoms with Gasteiger partial charge in [0.2, 0.25) is 0 Å². The summed E-state index contributed by atoms with van der Waals surface area (Å²) in [6, 6.07) is 16.0. The zero-order chi connectivity index (χ0) is 17.7. The molecule has 1 aliphatic rings. The third-order valence-electron chi connectivity index (χ3n) is 3.77. The van der Waals surface area contributed by atoms with Gasteiger partial charge in [-0.05, 0) is 42.8 Å². The monoisotopic (exact) mass is 361 g/mol. The number of ether oxygens (including phenoxy) is 2. The van der Waals surface area contributed by atoms with Gasteiger partial charge in [0, 0.05) is 6.04 Å². The highest BCUT2D eigenvalue weighted by Gasteiger charge is 2.28. The number of rotatable bonds is 6. The molecule has 0 aliphatic carbocycles. The molecule has 6 nitrogen and oxygen atoms in total. The van der Waals surface area contributed by atoms with Crippen molar-refractivity contribution in [1.29, 1.82) is 0 Å². The Morgan fingerprint density at radius 1 is 1.00 bits per heavy atom. The summed E-state index contributed by atoms with van der Waals surface area (Å²) in [7, 11) is -3.01. The Bertz CT molecular complexity index is 818. The largest absolute Gasteiger partial charge is 0.484 e. The van der Waals surface area contributed by atoms with Crippen molar-refractivity contribution in [3.05, 3.63) is 54.6 Å². The Morgan fingerprint density at radius 3 is 2.28 bits per heavy atom. The van der Waals surface area contributed by atoms with E-state index in [1.165, 1.54) is 0 Å². The number of nitrogens with one attached hydrogen (secondary N) is 1. The third kappa shape index (κ3) is 5.22. The highest BCUT2D eigenvalue weighted by atomic mass is 32.2. The van der Waals surface area contributed by atoms with Crippen LogP contribution < -0.4 is 14.8 Å². The van der Waals surface area contributed by atoms with Crippen LogP contribution in [0.2, 0.25) is 0 Å². The SMILES string of the molecule is O=C(COc1ccc(Oc2ccccc2)cc1)N[C@H]1CCS(=O)(=O)C1. The highest BCUT2D eigenvalue weighted by Crippen LogP contribution is 2.23. The van der Waals surface area contributed by atoms with Gasteiger partial charge in [-0.25, -0.2) is 8.42 Å². The fourth-order valence-electron chi connectivity index (χ4n) is 2.56. The number of hydrogen-bond donors (Lipinski definition) is 1. The summed E-state index contributed by atoms with van der Waals surface area (Å²) in [6.07, 6.45) is 0.458. The minimum atomic E-state index is -3.01. The lowest BCUT2D eigenvalue weighted by molar-refractivity contribution is -0.123. The zero-order valence-electron chi connectivity index (χ0n) is 13.6. The lowest BCUT2D eigenvalue weighted by Crippen LogP contribution is -2.38. The molecule has 2 aromatic rings. The molecule has 2 aromatic carbocycles. The van der Waals surface area contributed by atoms with Crippen molar-refractivity contribution in [2.45, 2.75) is 12.5 Å². The summed E-state index contributed by atoms with van der Waals surface area (Å²) >= 11 is 0. The summed E-state index contributed by atoms with van der Waals surface area (Å²) in [5.41, 5.74) is 0. The molecule has 0 spiro atoms. The highest BCUT2D eigenvalue weighted by molar-refractivity contribution is 7.91. The van der Waals surface area contributed by atoms with E-state index in [-0.39, 0.29) is 30.1 Å². The lowest BCUT2D eigenvalue weighted by atomic mass is 10.2. The van der Waals surface area contributed by atoms with Gasteiger partial charge in [0.1, 0.15) is 17.2 Å². The average molecular weight is 361 g/mol. The smallest absolute Gasteiger partial charge is 0.258 e. The number of amides is 1. The molecule has 1 amide bonds. The normalized spacial score (nSPS) is 18.5. The fourth-order valence-corrected chi connectivity index (χ4v) is 4.23. The maximum absolute atomic E-state index is 11.8. The van der Waals surface area contributed by atoms with Gasteiger partial charge in [-0.2, -0.15) is 0 Å².